The number of aromatic nitrogens is 2. The average Bonchev–Trinajstić information content (AvgIpc) is 2.72. The van der Waals surface area contributed by atoms with E-state index in [0.29, 0.717) is 33.7 Å². The van der Waals surface area contributed by atoms with E-state index in [9.17, 15) is 13.6 Å². The highest BCUT2D eigenvalue weighted by Crippen LogP contribution is 2.46. The first kappa shape index (κ1) is 20.0. The second-order valence-corrected chi connectivity index (χ2v) is 9.51. The fraction of sp³-hybridized carbons (Fsp3) is 0.333. The molecule has 0 radical (unpaired) electrons. The summed E-state index contributed by atoms with van der Waals surface area (Å²) in [6.45, 7) is 5.03. The number of hydrogen-bond acceptors (Lipinski definition) is 5. The normalized spacial score (nSPS) is 18.8. The van der Waals surface area contributed by atoms with Crippen LogP contribution in [0.25, 0.3) is 22.0 Å². The molecule has 1 aromatic heterocycles. The Morgan fingerprint density at radius 2 is 2.10 bits per heavy atom. The molecular weight excluding hydrogens is 474 g/mol. The third kappa shape index (κ3) is 3.14. The zero-order valence-electron chi connectivity index (χ0n) is 16.2. The number of hydrogen-bond donors (Lipinski definition) is 1. The van der Waals surface area contributed by atoms with Gasteiger partial charge < -0.3 is 10.2 Å². The molecule has 3 heterocycles. The van der Waals surface area contributed by atoms with Crippen LogP contribution in [0.15, 0.2) is 38.4 Å². The number of halogens is 3. The summed E-state index contributed by atoms with van der Waals surface area (Å²) in [6, 6.07) is 5.69. The molecule has 1 fully saturated rings. The molecular formula is C21H19BrF2N4OS. The first-order valence-corrected chi connectivity index (χ1v) is 11.6. The molecule has 0 unspecified atom stereocenters. The Balaban J connectivity index is 1.84. The van der Waals surface area contributed by atoms with Crippen LogP contribution in [0.5, 0.6) is 0 Å². The van der Waals surface area contributed by atoms with Crippen molar-refractivity contribution in [1.29, 1.82) is 0 Å². The highest BCUT2D eigenvalue weighted by molar-refractivity contribution is 9.10. The van der Waals surface area contributed by atoms with Crippen LogP contribution in [0.4, 0.5) is 14.6 Å². The highest BCUT2D eigenvalue weighted by atomic mass is 79.9. The lowest BCUT2D eigenvalue weighted by Gasteiger charge is -2.36. The fourth-order valence-corrected chi connectivity index (χ4v) is 6.24. The maximum Gasteiger partial charge on any atom is 0.350 e. The largest absolute Gasteiger partial charge is 0.351 e. The van der Waals surface area contributed by atoms with Gasteiger partial charge in [-0.05, 0) is 25.1 Å². The number of nitrogens with zero attached hydrogens (tertiary/aromatic N) is 3. The predicted molar refractivity (Wildman–Crippen MR) is 119 cm³/mol. The molecule has 2 aliphatic heterocycles. The van der Waals surface area contributed by atoms with Crippen LogP contribution in [-0.2, 0) is 6.54 Å². The molecule has 5 rings (SSSR count). The number of anilines is 1. The number of benzene rings is 2. The van der Waals surface area contributed by atoms with Crippen molar-refractivity contribution >= 4 is 44.4 Å². The predicted octanol–water partition coefficient (Wildman–Crippen LogP) is 4.01. The van der Waals surface area contributed by atoms with Crippen molar-refractivity contribution in [3.05, 3.63) is 50.9 Å². The molecule has 0 bridgehead atoms. The molecule has 30 heavy (non-hydrogen) atoms. The second-order valence-electron chi connectivity index (χ2n) is 7.55. The van der Waals surface area contributed by atoms with Crippen LogP contribution in [0.3, 0.4) is 0 Å². The van der Waals surface area contributed by atoms with Crippen molar-refractivity contribution < 1.29 is 8.78 Å². The second kappa shape index (κ2) is 7.62. The third-order valence-electron chi connectivity index (χ3n) is 5.69. The minimum atomic E-state index is -0.628. The van der Waals surface area contributed by atoms with Crippen molar-refractivity contribution in [3.8, 4) is 11.1 Å². The van der Waals surface area contributed by atoms with Gasteiger partial charge in [-0.25, -0.2) is 13.6 Å². The summed E-state index contributed by atoms with van der Waals surface area (Å²) in [4.78, 5) is 20.4. The molecule has 1 atom stereocenters. The van der Waals surface area contributed by atoms with Crippen molar-refractivity contribution in [3.63, 3.8) is 0 Å². The lowest BCUT2D eigenvalue weighted by Crippen LogP contribution is -2.51. The summed E-state index contributed by atoms with van der Waals surface area (Å²) in [5.74, 6) is 0.0945. The monoisotopic (exact) mass is 492 g/mol. The summed E-state index contributed by atoms with van der Waals surface area (Å²) in [6.07, 6.45) is 0. The zero-order valence-corrected chi connectivity index (χ0v) is 18.6. The molecule has 0 spiro atoms. The van der Waals surface area contributed by atoms with Gasteiger partial charge in [0.2, 0.25) is 0 Å². The van der Waals surface area contributed by atoms with E-state index in [4.69, 9.17) is 0 Å². The molecule has 0 amide bonds. The van der Waals surface area contributed by atoms with Crippen molar-refractivity contribution in [2.24, 2.45) is 0 Å². The van der Waals surface area contributed by atoms with Gasteiger partial charge in [-0.2, -0.15) is 4.98 Å². The maximum atomic E-state index is 14.7. The van der Waals surface area contributed by atoms with Gasteiger partial charge in [0.25, 0.3) is 0 Å². The summed E-state index contributed by atoms with van der Waals surface area (Å²) in [5.41, 5.74) is 1.43. The van der Waals surface area contributed by atoms with E-state index in [1.54, 1.807) is 16.3 Å². The summed E-state index contributed by atoms with van der Waals surface area (Å²) in [5, 5.41) is 4.22. The van der Waals surface area contributed by atoms with Gasteiger partial charge in [0.15, 0.2) is 0 Å². The van der Waals surface area contributed by atoms with E-state index in [0.717, 1.165) is 41.5 Å². The van der Waals surface area contributed by atoms with E-state index in [2.05, 4.69) is 38.1 Å². The van der Waals surface area contributed by atoms with E-state index in [-0.39, 0.29) is 11.7 Å². The van der Waals surface area contributed by atoms with Gasteiger partial charge >= 0.3 is 5.69 Å². The van der Waals surface area contributed by atoms with Gasteiger partial charge in [-0.3, -0.25) is 4.57 Å². The van der Waals surface area contributed by atoms with Crippen LogP contribution in [0.2, 0.25) is 0 Å². The minimum Gasteiger partial charge on any atom is -0.351 e. The highest BCUT2D eigenvalue weighted by Gasteiger charge is 2.28. The van der Waals surface area contributed by atoms with Gasteiger partial charge in [-0.15, -0.1) is 11.8 Å². The molecule has 2 aliphatic rings. The van der Waals surface area contributed by atoms with Crippen molar-refractivity contribution in [2.75, 3.05) is 30.3 Å². The van der Waals surface area contributed by atoms with Crippen molar-refractivity contribution in [1.82, 2.24) is 14.9 Å². The molecule has 1 saturated heterocycles. The van der Waals surface area contributed by atoms with E-state index in [1.807, 2.05) is 6.07 Å². The molecule has 1 N–H and O–H groups in total. The molecule has 156 valence electrons. The van der Waals surface area contributed by atoms with Gasteiger partial charge in [0.05, 0.1) is 5.52 Å². The Hall–Kier alpha value is -1.97. The Bertz CT molecular complexity index is 1230. The average molecular weight is 493 g/mol. The maximum absolute atomic E-state index is 14.7. The number of thioether (sulfide) groups is 1. The van der Waals surface area contributed by atoms with E-state index in [1.165, 1.54) is 12.1 Å². The topological polar surface area (TPSA) is 50.2 Å². The van der Waals surface area contributed by atoms with Gasteiger partial charge in [-0.1, -0.05) is 15.9 Å². The smallest absolute Gasteiger partial charge is 0.350 e. The number of rotatable bonds is 2. The van der Waals surface area contributed by atoms with Gasteiger partial charge in [0.1, 0.15) is 17.5 Å². The molecule has 0 aliphatic carbocycles. The van der Waals surface area contributed by atoms with Gasteiger partial charge in [0, 0.05) is 69.9 Å². The Labute approximate surface area is 184 Å². The zero-order chi connectivity index (χ0) is 21.0. The van der Waals surface area contributed by atoms with Crippen LogP contribution in [-0.4, -0.2) is 41.0 Å². The molecule has 0 saturated carbocycles. The Kier molecular flexibility index (Phi) is 5.07. The van der Waals surface area contributed by atoms with Crippen LogP contribution >= 0.6 is 27.7 Å². The van der Waals surface area contributed by atoms with Crippen LogP contribution < -0.4 is 15.9 Å². The molecule has 3 aromatic rings. The quantitative estimate of drug-likeness (QED) is 0.585. The first-order chi connectivity index (χ1) is 14.5. The molecule has 2 aromatic carbocycles. The standard InChI is InChI=1S/C21H19BrF2N4OS/c1-11-10-25-4-5-27(11)20-14-9-15(22)17(13-3-2-12(23)8-16(13)24)19-18(14)28(6-7-30-19)21(29)26-20/h2-3,8-9,11,25H,4-7,10H2,1H3/t11-/m0/s1. The number of piperazine rings is 1. The van der Waals surface area contributed by atoms with Crippen LogP contribution in [0, 0.1) is 11.6 Å². The molecule has 5 nitrogen and oxygen atoms in total. The van der Waals surface area contributed by atoms with Crippen molar-refractivity contribution in [2.45, 2.75) is 24.4 Å². The summed E-state index contributed by atoms with van der Waals surface area (Å²) in [7, 11) is 0. The third-order valence-corrected chi connectivity index (χ3v) is 7.38. The fourth-order valence-electron chi connectivity index (χ4n) is 4.27. The van der Waals surface area contributed by atoms with E-state index >= 15 is 0 Å². The Morgan fingerprint density at radius 1 is 1.27 bits per heavy atom. The minimum absolute atomic E-state index is 0.191. The van der Waals surface area contributed by atoms with E-state index < -0.39 is 11.6 Å². The summed E-state index contributed by atoms with van der Waals surface area (Å²) >= 11 is 5.20. The first-order valence-electron chi connectivity index (χ1n) is 9.78. The lowest BCUT2D eigenvalue weighted by molar-refractivity contribution is 0.497. The Morgan fingerprint density at radius 3 is 2.87 bits per heavy atom. The number of aryl methyl sites for hydroxylation is 1. The number of nitrogens with one attached hydrogen (secondary N) is 1. The molecule has 9 heteroatoms. The summed E-state index contributed by atoms with van der Waals surface area (Å²) < 4.78 is 30.6. The SMILES string of the molecule is C[C@H]1CNCCN1c1nc(=O)n2c3c(c(-c4ccc(F)cc4F)c(Br)cc13)SCC2. The lowest BCUT2D eigenvalue weighted by atomic mass is 10.0. The van der Waals surface area contributed by atoms with Crippen LogP contribution in [0.1, 0.15) is 6.92 Å².